The summed E-state index contributed by atoms with van der Waals surface area (Å²) in [6, 6.07) is 21.1. The lowest BCUT2D eigenvalue weighted by Gasteiger charge is -2.32. The zero-order valence-corrected chi connectivity index (χ0v) is 18.4. The van der Waals surface area contributed by atoms with Crippen LogP contribution in [0.25, 0.3) is 0 Å². The van der Waals surface area contributed by atoms with Crippen LogP contribution in [-0.2, 0) is 0 Å². The first-order valence-corrected chi connectivity index (χ1v) is 11.3. The van der Waals surface area contributed by atoms with E-state index in [4.69, 9.17) is 0 Å². The van der Waals surface area contributed by atoms with Gasteiger partial charge in [-0.15, -0.1) is 0 Å². The average Bonchev–Trinajstić information content (AvgIpc) is 2.84. The van der Waals surface area contributed by atoms with E-state index in [9.17, 15) is 4.79 Å². The number of piperidine rings is 1. The Morgan fingerprint density at radius 1 is 1.03 bits per heavy atom. The van der Waals surface area contributed by atoms with Gasteiger partial charge in [0.25, 0.3) is 5.91 Å². The third-order valence-electron chi connectivity index (χ3n) is 6.33. The van der Waals surface area contributed by atoms with E-state index >= 15 is 0 Å². The van der Waals surface area contributed by atoms with Gasteiger partial charge in [0, 0.05) is 43.6 Å². The molecule has 1 atom stereocenters. The Morgan fingerprint density at radius 3 is 2.55 bits per heavy atom. The Balaban J connectivity index is 1.41. The van der Waals surface area contributed by atoms with Crippen LogP contribution in [0.1, 0.15) is 65.6 Å². The molecule has 0 bridgehead atoms. The van der Waals surface area contributed by atoms with Gasteiger partial charge in [0.2, 0.25) is 0 Å². The maximum absolute atomic E-state index is 13.2. The van der Waals surface area contributed by atoms with E-state index in [0.29, 0.717) is 11.5 Å². The molecule has 1 amide bonds. The zero-order chi connectivity index (χ0) is 21.6. The van der Waals surface area contributed by atoms with Crippen molar-refractivity contribution in [3.8, 4) is 0 Å². The lowest BCUT2D eigenvalue weighted by molar-refractivity contribution is 0.0712. The van der Waals surface area contributed by atoms with Crippen molar-refractivity contribution in [3.05, 3.63) is 95.3 Å². The Morgan fingerprint density at radius 2 is 1.81 bits per heavy atom. The number of pyridine rings is 1. The van der Waals surface area contributed by atoms with Gasteiger partial charge in [0.1, 0.15) is 0 Å². The van der Waals surface area contributed by atoms with Crippen molar-refractivity contribution in [2.75, 3.05) is 25.0 Å². The second-order valence-corrected chi connectivity index (χ2v) is 8.36. The molecule has 2 aromatic carbocycles. The number of rotatable bonds is 6. The van der Waals surface area contributed by atoms with Gasteiger partial charge in [-0.2, -0.15) is 0 Å². The molecule has 31 heavy (non-hydrogen) atoms. The van der Waals surface area contributed by atoms with E-state index in [1.807, 2.05) is 35.4 Å². The van der Waals surface area contributed by atoms with Gasteiger partial charge in [-0.05, 0) is 60.6 Å². The number of carbonyl (C=O) groups is 1. The van der Waals surface area contributed by atoms with Crippen molar-refractivity contribution in [1.82, 2.24) is 9.88 Å². The fraction of sp³-hybridized carbons (Fsp3) is 0.333. The number of hydrogen-bond donors (Lipinski definition) is 1. The molecule has 0 spiro atoms. The maximum atomic E-state index is 13.2. The number of anilines is 1. The van der Waals surface area contributed by atoms with E-state index in [-0.39, 0.29) is 11.8 Å². The first-order chi connectivity index (χ1) is 15.2. The molecule has 1 fully saturated rings. The quantitative estimate of drug-likeness (QED) is 0.565. The summed E-state index contributed by atoms with van der Waals surface area (Å²) in [6.07, 6.45) is 5.57. The van der Waals surface area contributed by atoms with Crippen molar-refractivity contribution < 1.29 is 4.79 Å². The van der Waals surface area contributed by atoms with Gasteiger partial charge in [0.15, 0.2) is 0 Å². The molecule has 0 radical (unpaired) electrons. The molecule has 2 heterocycles. The Labute approximate surface area is 185 Å². The van der Waals surface area contributed by atoms with E-state index in [1.54, 1.807) is 6.20 Å². The number of aromatic nitrogens is 1. The number of amides is 1. The first-order valence-electron chi connectivity index (χ1n) is 11.3. The number of benzene rings is 2. The maximum Gasteiger partial charge on any atom is 0.255 e. The standard InChI is InChI=1S/C27H31N3O/c1-3-29-26-11-7-10-23(17-26)22-12-14-30(15-13-22)27(31)25-16-24(18-28-19-25)20(2)21-8-5-4-6-9-21/h4-11,16-20,22,29H,3,12-15H2,1-2H3. The highest BCUT2D eigenvalue weighted by Crippen LogP contribution is 2.30. The van der Waals surface area contributed by atoms with E-state index in [0.717, 1.165) is 38.0 Å². The fourth-order valence-electron chi connectivity index (χ4n) is 4.45. The lowest BCUT2D eigenvalue weighted by Crippen LogP contribution is -2.38. The number of nitrogens with one attached hydrogen (secondary N) is 1. The van der Waals surface area contributed by atoms with Crippen LogP contribution < -0.4 is 5.32 Å². The molecular formula is C27H31N3O. The van der Waals surface area contributed by atoms with Crippen LogP contribution in [0.4, 0.5) is 5.69 Å². The van der Waals surface area contributed by atoms with E-state index in [1.165, 1.54) is 16.8 Å². The zero-order valence-electron chi connectivity index (χ0n) is 18.4. The van der Waals surface area contributed by atoms with Crippen molar-refractivity contribution in [1.29, 1.82) is 0 Å². The summed E-state index contributed by atoms with van der Waals surface area (Å²) in [6.45, 7) is 6.77. The molecular weight excluding hydrogens is 382 g/mol. The summed E-state index contributed by atoms with van der Waals surface area (Å²) >= 11 is 0. The summed E-state index contributed by atoms with van der Waals surface area (Å²) in [5.41, 5.74) is 5.54. The van der Waals surface area contributed by atoms with E-state index in [2.05, 4.69) is 60.5 Å². The molecule has 160 valence electrons. The Kier molecular flexibility index (Phi) is 6.66. The Hall–Kier alpha value is -3.14. The van der Waals surface area contributed by atoms with Crippen LogP contribution in [-0.4, -0.2) is 35.4 Å². The van der Waals surface area contributed by atoms with Crippen LogP contribution in [0.5, 0.6) is 0 Å². The smallest absolute Gasteiger partial charge is 0.255 e. The molecule has 4 rings (SSSR count). The molecule has 1 aliphatic heterocycles. The summed E-state index contributed by atoms with van der Waals surface area (Å²) in [5.74, 6) is 0.802. The molecule has 0 aliphatic carbocycles. The fourth-order valence-corrected chi connectivity index (χ4v) is 4.45. The first kappa shape index (κ1) is 21.1. The summed E-state index contributed by atoms with van der Waals surface area (Å²) in [7, 11) is 0. The van der Waals surface area contributed by atoms with Gasteiger partial charge in [-0.25, -0.2) is 0 Å². The molecule has 1 N–H and O–H groups in total. The predicted molar refractivity (Wildman–Crippen MR) is 127 cm³/mol. The van der Waals surface area contributed by atoms with E-state index < -0.39 is 0 Å². The minimum Gasteiger partial charge on any atom is -0.385 e. The van der Waals surface area contributed by atoms with Gasteiger partial charge in [0.05, 0.1) is 5.56 Å². The average molecular weight is 414 g/mol. The van der Waals surface area contributed by atoms with Crippen LogP contribution in [0.3, 0.4) is 0 Å². The normalized spacial score (nSPS) is 15.5. The molecule has 4 heteroatoms. The van der Waals surface area contributed by atoms with Gasteiger partial charge < -0.3 is 10.2 Å². The minimum atomic E-state index is 0.0921. The molecule has 3 aromatic rings. The van der Waals surface area contributed by atoms with Crippen molar-refractivity contribution in [3.63, 3.8) is 0 Å². The summed E-state index contributed by atoms with van der Waals surface area (Å²) in [4.78, 5) is 19.5. The number of hydrogen-bond acceptors (Lipinski definition) is 3. The van der Waals surface area contributed by atoms with Crippen molar-refractivity contribution >= 4 is 11.6 Å². The molecule has 1 aromatic heterocycles. The van der Waals surface area contributed by atoms with Gasteiger partial charge >= 0.3 is 0 Å². The van der Waals surface area contributed by atoms with Crippen molar-refractivity contribution in [2.45, 2.75) is 38.5 Å². The Bertz CT molecular complexity index is 1010. The van der Waals surface area contributed by atoms with Gasteiger partial charge in [-0.1, -0.05) is 49.4 Å². The van der Waals surface area contributed by atoms with Crippen LogP contribution in [0.2, 0.25) is 0 Å². The summed E-state index contributed by atoms with van der Waals surface area (Å²) in [5, 5.41) is 3.39. The lowest BCUT2D eigenvalue weighted by atomic mass is 9.89. The SMILES string of the molecule is CCNc1cccc(C2CCN(C(=O)c3cncc(C(C)c4ccccc4)c3)CC2)c1. The molecule has 1 aliphatic rings. The largest absolute Gasteiger partial charge is 0.385 e. The number of carbonyl (C=O) groups excluding carboxylic acids is 1. The molecule has 4 nitrogen and oxygen atoms in total. The molecule has 0 saturated carbocycles. The number of nitrogens with zero attached hydrogens (tertiary/aromatic N) is 2. The topological polar surface area (TPSA) is 45.2 Å². The monoisotopic (exact) mass is 413 g/mol. The molecule has 1 unspecified atom stereocenters. The molecule has 1 saturated heterocycles. The highest BCUT2D eigenvalue weighted by Gasteiger charge is 2.25. The van der Waals surface area contributed by atoms with Crippen LogP contribution in [0, 0.1) is 0 Å². The highest BCUT2D eigenvalue weighted by atomic mass is 16.2. The predicted octanol–water partition coefficient (Wildman–Crippen LogP) is 5.69. The second-order valence-electron chi connectivity index (χ2n) is 8.36. The van der Waals surface area contributed by atoms with Crippen LogP contribution in [0.15, 0.2) is 73.1 Å². The third-order valence-corrected chi connectivity index (χ3v) is 6.33. The number of likely N-dealkylation sites (tertiary alicyclic amines) is 1. The van der Waals surface area contributed by atoms with Crippen LogP contribution >= 0.6 is 0 Å². The second kappa shape index (κ2) is 9.78. The van der Waals surface area contributed by atoms with Gasteiger partial charge in [-0.3, -0.25) is 9.78 Å². The highest BCUT2D eigenvalue weighted by molar-refractivity contribution is 5.94. The third kappa shape index (κ3) is 4.96. The van der Waals surface area contributed by atoms with Crippen molar-refractivity contribution in [2.24, 2.45) is 0 Å². The minimum absolute atomic E-state index is 0.0921. The summed E-state index contributed by atoms with van der Waals surface area (Å²) < 4.78 is 0.